The Morgan fingerprint density at radius 3 is 2.03 bits per heavy atom. The van der Waals surface area contributed by atoms with E-state index in [1.165, 1.54) is 11.5 Å². The fraction of sp³-hybridized carbons (Fsp3) is 0.406. The second-order valence-electron chi connectivity index (χ2n) is 12.4. The Hall–Kier alpha value is -3.35. The molecule has 202 valence electrons. The van der Waals surface area contributed by atoms with Gasteiger partial charge in [-0.3, -0.25) is 4.90 Å². The van der Waals surface area contributed by atoms with Crippen LogP contribution in [0.25, 0.3) is 11.8 Å². The Kier molecular flexibility index (Phi) is 8.44. The molecule has 0 bridgehead atoms. The molecule has 0 atom stereocenters. The topological polar surface area (TPSA) is 19.6 Å². The Labute approximate surface area is 229 Å². The number of para-hydroxylation sites is 3. The third-order valence-corrected chi connectivity index (χ3v) is 6.89. The lowest BCUT2D eigenvalue weighted by Crippen LogP contribution is -2.44. The highest BCUT2D eigenvalue weighted by Gasteiger charge is 2.25. The largest absolute Gasteiger partial charge is 0.439 e. The highest BCUT2D eigenvalue weighted by Crippen LogP contribution is 2.38. The van der Waals surface area contributed by atoms with Crippen LogP contribution in [0.15, 0.2) is 78.8 Å². The van der Waals surface area contributed by atoms with E-state index in [-0.39, 0.29) is 0 Å². The van der Waals surface area contributed by atoms with Crippen molar-refractivity contribution in [3.8, 4) is 11.4 Å². The molecule has 6 nitrogen and oxygen atoms in total. The molecule has 0 saturated heterocycles. The zero-order valence-corrected chi connectivity index (χ0v) is 24.4. The molecule has 6 heteroatoms. The number of quaternary nitrogens is 2. The summed E-state index contributed by atoms with van der Waals surface area (Å²) < 4.78 is 10.5. The van der Waals surface area contributed by atoms with E-state index >= 15 is 0 Å². The quantitative estimate of drug-likeness (QED) is 0.270. The van der Waals surface area contributed by atoms with Gasteiger partial charge in [0.05, 0.1) is 80.3 Å². The number of nitrogens with zero attached hydrogens (tertiary/aromatic N) is 5. The lowest BCUT2D eigenvalue weighted by Gasteiger charge is -2.27. The summed E-state index contributed by atoms with van der Waals surface area (Å²) in [6.07, 6.45) is 6.62. The van der Waals surface area contributed by atoms with Crippen molar-refractivity contribution in [2.45, 2.75) is 12.8 Å². The molecule has 38 heavy (non-hydrogen) atoms. The van der Waals surface area contributed by atoms with Gasteiger partial charge in [0.25, 0.3) is 5.82 Å². The number of hydrogen-bond donors (Lipinski definition) is 0. The van der Waals surface area contributed by atoms with Crippen LogP contribution in [0.1, 0.15) is 18.4 Å². The van der Waals surface area contributed by atoms with Gasteiger partial charge in [-0.25, -0.2) is 4.57 Å². The van der Waals surface area contributed by atoms with Crippen LogP contribution in [0.5, 0.6) is 5.75 Å². The molecule has 0 radical (unpaired) electrons. The maximum Gasteiger partial charge on any atom is 0.282 e. The zero-order chi connectivity index (χ0) is 27.3. The molecule has 0 N–H and O–H groups in total. The van der Waals surface area contributed by atoms with Crippen LogP contribution in [0.3, 0.4) is 0 Å². The minimum atomic E-state index is 0.844. The molecular weight excluding hydrogens is 470 g/mol. The van der Waals surface area contributed by atoms with Crippen LogP contribution < -0.4 is 19.1 Å². The Morgan fingerprint density at radius 2 is 1.42 bits per heavy atom. The number of hydrogen-bond acceptors (Lipinski definition) is 3. The summed E-state index contributed by atoms with van der Waals surface area (Å²) in [4.78, 5) is 4.70. The third kappa shape index (κ3) is 7.36. The van der Waals surface area contributed by atoms with E-state index in [1.54, 1.807) is 0 Å². The molecule has 0 saturated carbocycles. The normalized spacial score (nSPS) is 14.5. The van der Waals surface area contributed by atoms with E-state index in [4.69, 9.17) is 4.74 Å². The predicted molar refractivity (Wildman–Crippen MR) is 159 cm³/mol. The van der Waals surface area contributed by atoms with Gasteiger partial charge in [0.2, 0.25) is 5.88 Å². The van der Waals surface area contributed by atoms with Crippen LogP contribution >= 0.6 is 0 Å². The number of benzene rings is 2. The first-order chi connectivity index (χ1) is 18.0. The summed E-state index contributed by atoms with van der Waals surface area (Å²) in [5.74, 6) is 2.96. The summed E-state index contributed by atoms with van der Waals surface area (Å²) in [6, 6.07) is 23.3. The van der Waals surface area contributed by atoms with E-state index in [0.29, 0.717) is 0 Å². The number of anilines is 2. The van der Waals surface area contributed by atoms with E-state index in [9.17, 15) is 0 Å². The molecule has 1 aliphatic rings. The molecule has 1 aromatic heterocycles. The van der Waals surface area contributed by atoms with E-state index in [1.807, 2.05) is 12.1 Å². The first-order valence-electron chi connectivity index (χ1n) is 13.7. The first kappa shape index (κ1) is 27.7. The Morgan fingerprint density at radius 1 is 0.816 bits per heavy atom. The van der Waals surface area contributed by atoms with Gasteiger partial charge in [-0.05, 0) is 35.9 Å². The fourth-order valence-corrected chi connectivity index (χ4v) is 4.85. The SMILES string of the molecule is CN1C(=Cc2cc[n+](-c3ccccc3)c(N(CCC[N+](C)(C)C)CCC[N+](C)(C)C)c2)Oc2ccccc21. The summed E-state index contributed by atoms with van der Waals surface area (Å²) in [5.41, 5.74) is 3.40. The van der Waals surface area contributed by atoms with Crippen molar-refractivity contribution >= 4 is 17.6 Å². The molecule has 0 amide bonds. The van der Waals surface area contributed by atoms with Crippen LogP contribution in [-0.4, -0.2) is 84.5 Å². The standard InChI is InChI=1S/C32H46N5O/c1-33-29-17-11-12-18-30(29)38-32(33)26-27-19-22-35(28-15-9-8-10-16-28)31(25-27)34(20-13-23-36(2,3)4)21-14-24-37(5,6)7/h8-12,15-19,22,25-26H,13-14,20-21,23-24H2,1-7H3/q+3. The minimum absolute atomic E-state index is 0.844. The molecule has 4 rings (SSSR count). The first-order valence-corrected chi connectivity index (χ1v) is 13.7. The molecule has 0 spiro atoms. The van der Waals surface area contributed by atoms with Gasteiger partial charge in [0.15, 0.2) is 5.75 Å². The van der Waals surface area contributed by atoms with E-state index in [0.717, 1.165) is 70.9 Å². The molecule has 0 aliphatic carbocycles. The van der Waals surface area contributed by atoms with Gasteiger partial charge in [-0.2, -0.15) is 0 Å². The van der Waals surface area contributed by atoms with Crippen molar-refractivity contribution in [2.24, 2.45) is 0 Å². The van der Waals surface area contributed by atoms with Gasteiger partial charge in [-0.1, -0.05) is 30.3 Å². The van der Waals surface area contributed by atoms with Crippen molar-refractivity contribution in [2.75, 3.05) is 85.3 Å². The lowest BCUT2D eigenvalue weighted by atomic mass is 10.2. The lowest BCUT2D eigenvalue weighted by molar-refractivity contribution is -0.870. The Bertz CT molecular complexity index is 1220. The smallest absolute Gasteiger partial charge is 0.282 e. The van der Waals surface area contributed by atoms with Crippen molar-refractivity contribution < 1.29 is 18.3 Å². The summed E-state index contributed by atoms with van der Waals surface area (Å²) in [7, 11) is 15.7. The van der Waals surface area contributed by atoms with Crippen molar-refractivity contribution in [3.63, 3.8) is 0 Å². The molecular formula is C32H46N5O+3. The van der Waals surface area contributed by atoms with Gasteiger partial charge >= 0.3 is 0 Å². The second kappa shape index (κ2) is 11.6. The number of pyridine rings is 1. The highest BCUT2D eigenvalue weighted by atomic mass is 16.5. The van der Waals surface area contributed by atoms with Crippen LogP contribution in [0.4, 0.5) is 11.5 Å². The summed E-state index contributed by atoms with van der Waals surface area (Å²) in [6.45, 7) is 4.30. The number of rotatable bonds is 11. The second-order valence-corrected chi connectivity index (χ2v) is 12.4. The molecule has 2 aromatic carbocycles. The van der Waals surface area contributed by atoms with Gasteiger partial charge in [0, 0.05) is 32.0 Å². The maximum absolute atomic E-state index is 6.21. The zero-order valence-electron chi connectivity index (χ0n) is 24.4. The van der Waals surface area contributed by atoms with E-state index in [2.05, 4.69) is 131 Å². The van der Waals surface area contributed by atoms with Crippen LogP contribution in [0.2, 0.25) is 0 Å². The minimum Gasteiger partial charge on any atom is -0.439 e. The Balaban J connectivity index is 1.70. The van der Waals surface area contributed by atoms with E-state index < -0.39 is 0 Å². The van der Waals surface area contributed by atoms with Gasteiger partial charge in [-0.15, -0.1) is 0 Å². The van der Waals surface area contributed by atoms with Gasteiger partial charge in [0.1, 0.15) is 5.69 Å². The van der Waals surface area contributed by atoms with Gasteiger partial charge < -0.3 is 18.6 Å². The monoisotopic (exact) mass is 516 g/mol. The van der Waals surface area contributed by atoms with Crippen LogP contribution in [-0.2, 0) is 0 Å². The number of aromatic nitrogens is 1. The highest BCUT2D eigenvalue weighted by molar-refractivity contribution is 5.70. The fourth-order valence-electron chi connectivity index (χ4n) is 4.85. The molecule has 1 aliphatic heterocycles. The molecule has 0 fully saturated rings. The molecule has 0 unspecified atom stereocenters. The predicted octanol–water partition coefficient (Wildman–Crippen LogP) is 4.79. The maximum atomic E-state index is 6.21. The van der Waals surface area contributed by atoms with Crippen molar-refractivity contribution in [1.29, 1.82) is 0 Å². The summed E-state index contributed by atoms with van der Waals surface area (Å²) in [5, 5.41) is 0. The van der Waals surface area contributed by atoms with Crippen molar-refractivity contribution in [3.05, 3.63) is 84.4 Å². The van der Waals surface area contributed by atoms with Crippen molar-refractivity contribution in [1.82, 2.24) is 0 Å². The number of fused-ring (bicyclic) bond motifs is 1. The van der Waals surface area contributed by atoms with Crippen LogP contribution in [0, 0.1) is 0 Å². The third-order valence-electron chi connectivity index (χ3n) is 6.89. The molecule has 2 heterocycles. The average molecular weight is 517 g/mol. The summed E-state index contributed by atoms with van der Waals surface area (Å²) >= 11 is 0. The average Bonchev–Trinajstić information content (AvgIpc) is 3.17. The molecule has 3 aromatic rings. The number of ether oxygens (including phenoxy) is 1.